The first-order valence-corrected chi connectivity index (χ1v) is 11.0. The molecule has 1 amide bonds. The van der Waals surface area contributed by atoms with E-state index in [9.17, 15) is 9.59 Å². The fourth-order valence-electron chi connectivity index (χ4n) is 3.94. The quantitative estimate of drug-likeness (QED) is 0.444. The molecule has 162 valence electrons. The first-order valence-electron chi connectivity index (χ1n) is 10.2. The first kappa shape index (κ1) is 21.6. The van der Waals surface area contributed by atoms with Gasteiger partial charge in [-0.1, -0.05) is 28.1 Å². The number of fused-ring (bicyclic) bond motifs is 2. The second-order valence-corrected chi connectivity index (χ2v) is 8.68. The van der Waals surface area contributed by atoms with Gasteiger partial charge < -0.3 is 18.8 Å². The van der Waals surface area contributed by atoms with Gasteiger partial charge in [0.25, 0.3) is 5.91 Å². The van der Waals surface area contributed by atoms with Crippen molar-refractivity contribution < 1.29 is 18.7 Å². The first-order chi connectivity index (χ1) is 14.9. The summed E-state index contributed by atoms with van der Waals surface area (Å²) in [6, 6.07) is 12.1. The van der Waals surface area contributed by atoms with Crippen molar-refractivity contribution in [3.05, 3.63) is 74.0 Å². The normalized spacial score (nSPS) is 15.7. The Balaban J connectivity index is 1.83. The second kappa shape index (κ2) is 8.85. The van der Waals surface area contributed by atoms with Gasteiger partial charge in [0.1, 0.15) is 11.3 Å². The Kier molecular flexibility index (Phi) is 6.16. The van der Waals surface area contributed by atoms with Gasteiger partial charge in [-0.05, 0) is 56.2 Å². The minimum Gasteiger partial charge on any atom is -0.497 e. The molecule has 7 heteroatoms. The lowest BCUT2D eigenvalue weighted by atomic mass is 9.98. The molecular formula is C24H24BrNO5. The van der Waals surface area contributed by atoms with Gasteiger partial charge in [0.15, 0.2) is 5.43 Å². The molecule has 1 aromatic heterocycles. The van der Waals surface area contributed by atoms with Crippen molar-refractivity contribution in [2.45, 2.75) is 32.4 Å². The van der Waals surface area contributed by atoms with Crippen molar-refractivity contribution >= 4 is 32.8 Å². The van der Waals surface area contributed by atoms with E-state index in [0.717, 1.165) is 10.0 Å². The van der Waals surface area contributed by atoms with E-state index in [1.54, 1.807) is 30.2 Å². The van der Waals surface area contributed by atoms with Crippen molar-refractivity contribution in [3.63, 3.8) is 0 Å². The highest BCUT2D eigenvalue weighted by Gasteiger charge is 2.42. The van der Waals surface area contributed by atoms with E-state index < -0.39 is 6.04 Å². The van der Waals surface area contributed by atoms with Gasteiger partial charge in [0.2, 0.25) is 5.76 Å². The lowest BCUT2D eigenvalue weighted by Gasteiger charge is -2.25. The van der Waals surface area contributed by atoms with E-state index >= 15 is 0 Å². The van der Waals surface area contributed by atoms with Crippen LogP contribution in [0.4, 0.5) is 0 Å². The van der Waals surface area contributed by atoms with Crippen LogP contribution in [0.1, 0.15) is 48.0 Å². The van der Waals surface area contributed by atoms with Gasteiger partial charge in [0, 0.05) is 17.6 Å². The summed E-state index contributed by atoms with van der Waals surface area (Å²) in [5, 5.41) is 0.443. The number of nitrogens with zero attached hydrogens (tertiary/aromatic N) is 1. The molecule has 31 heavy (non-hydrogen) atoms. The molecule has 0 N–H and O–H groups in total. The van der Waals surface area contributed by atoms with Gasteiger partial charge in [-0.2, -0.15) is 0 Å². The molecule has 4 rings (SSSR count). The zero-order valence-corrected chi connectivity index (χ0v) is 19.3. The molecule has 0 saturated carbocycles. The maximum Gasteiger partial charge on any atom is 0.290 e. The average molecular weight is 486 g/mol. The molecule has 1 aliphatic rings. The summed E-state index contributed by atoms with van der Waals surface area (Å²) in [6.07, 6.45) is 0.769. The predicted molar refractivity (Wildman–Crippen MR) is 122 cm³/mol. The zero-order valence-electron chi connectivity index (χ0n) is 17.7. The van der Waals surface area contributed by atoms with E-state index in [0.29, 0.717) is 41.9 Å². The van der Waals surface area contributed by atoms with Gasteiger partial charge in [-0.3, -0.25) is 9.59 Å². The molecule has 2 aromatic carbocycles. The largest absolute Gasteiger partial charge is 0.497 e. The van der Waals surface area contributed by atoms with Crippen LogP contribution in [0, 0.1) is 0 Å². The van der Waals surface area contributed by atoms with Crippen LogP contribution in [0.5, 0.6) is 5.75 Å². The van der Waals surface area contributed by atoms with E-state index in [4.69, 9.17) is 13.9 Å². The highest BCUT2D eigenvalue weighted by Crippen LogP contribution is 2.39. The number of benzene rings is 2. The van der Waals surface area contributed by atoms with Crippen LogP contribution >= 0.6 is 15.9 Å². The summed E-state index contributed by atoms with van der Waals surface area (Å²) >= 11 is 3.42. The Morgan fingerprint density at radius 3 is 2.71 bits per heavy atom. The Hall–Kier alpha value is -2.64. The van der Waals surface area contributed by atoms with E-state index in [2.05, 4.69) is 15.9 Å². The van der Waals surface area contributed by atoms with Gasteiger partial charge >= 0.3 is 0 Å². The van der Waals surface area contributed by atoms with Crippen molar-refractivity contribution in [1.82, 2.24) is 4.90 Å². The Bertz CT molecular complexity index is 1190. The standard InChI is InChI=1S/C24H24BrNO5/c1-14(2)30-11-5-10-26-21(15-6-4-7-17(12-15)29-3)20-22(27)18-13-16(25)8-9-19(18)31-23(20)24(26)28/h4,6-9,12-14,21H,5,10-11H2,1-3H3/t21-/m1/s1. The number of hydrogen-bond acceptors (Lipinski definition) is 5. The Labute approximate surface area is 188 Å². The summed E-state index contributed by atoms with van der Waals surface area (Å²) in [7, 11) is 1.59. The SMILES string of the molecule is COc1cccc([C@@H]2c3c(oc4ccc(Br)cc4c3=O)C(=O)N2CCCOC(C)C)c1. The number of ether oxygens (including phenoxy) is 2. The van der Waals surface area contributed by atoms with E-state index in [-0.39, 0.29) is 23.2 Å². The topological polar surface area (TPSA) is 69.0 Å². The summed E-state index contributed by atoms with van der Waals surface area (Å²) in [4.78, 5) is 28.5. The van der Waals surface area contributed by atoms with Crippen molar-refractivity contribution in [3.8, 4) is 5.75 Å². The highest BCUT2D eigenvalue weighted by molar-refractivity contribution is 9.10. The number of methoxy groups -OCH3 is 1. The fourth-order valence-corrected chi connectivity index (χ4v) is 4.30. The number of halogens is 1. The van der Waals surface area contributed by atoms with Gasteiger partial charge in [-0.25, -0.2) is 0 Å². The Morgan fingerprint density at radius 2 is 1.97 bits per heavy atom. The summed E-state index contributed by atoms with van der Waals surface area (Å²) in [5.41, 5.74) is 1.38. The van der Waals surface area contributed by atoms with Crippen molar-refractivity contribution in [1.29, 1.82) is 0 Å². The molecule has 0 bridgehead atoms. The number of hydrogen-bond donors (Lipinski definition) is 0. The summed E-state index contributed by atoms with van der Waals surface area (Å²) in [5.74, 6) is 0.487. The highest BCUT2D eigenvalue weighted by atomic mass is 79.9. The number of amides is 1. The maximum absolute atomic E-state index is 13.5. The summed E-state index contributed by atoms with van der Waals surface area (Å²) < 4.78 is 17.8. The van der Waals surface area contributed by atoms with Crippen LogP contribution in [0.25, 0.3) is 11.0 Å². The number of carbonyl (C=O) groups excluding carboxylic acids is 1. The van der Waals surface area contributed by atoms with Crippen LogP contribution in [-0.4, -0.2) is 37.2 Å². The third-order valence-electron chi connectivity index (χ3n) is 5.33. The molecule has 0 aliphatic carbocycles. The fraction of sp³-hybridized carbons (Fsp3) is 0.333. The van der Waals surface area contributed by atoms with Crippen LogP contribution in [0.15, 0.2) is 56.1 Å². The lowest BCUT2D eigenvalue weighted by Crippen LogP contribution is -2.31. The number of carbonyl (C=O) groups is 1. The summed E-state index contributed by atoms with van der Waals surface area (Å²) in [6.45, 7) is 4.92. The van der Waals surface area contributed by atoms with Gasteiger partial charge in [-0.15, -0.1) is 0 Å². The molecule has 1 atom stereocenters. The minimum absolute atomic E-state index is 0.109. The lowest BCUT2D eigenvalue weighted by molar-refractivity contribution is 0.0593. The second-order valence-electron chi connectivity index (χ2n) is 7.77. The molecule has 2 heterocycles. The van der Waals surface area contributed by atoms with Crippen LogP contribution in [0.2, 0.25) is 0 Å². The molecule has 0 fully saturated rings. The third-order valence-corrected chi connectivity index (χ3v) is 5.83. The van der Waals surface area contributed by atoms with Gasteiger partial charge in [0.05, 0.1) is 30.2 Å². The zero-order chi connectivity index (χ0) is 22.1. The van der Waals surface area contributed by atoms with Crippen LogP contribution in [0.3, 0.4) is 0 Å². The predicted octanol–water partition coefficient (Wildman–Crippen LogP) is 4.92. The molecule has 3 aromatic rings. The molecule has 0 spiro atoms. The molecule has 6 nitrogen and oxygen atoms in total. The Morgan fingerprint density at radius 1 is 1.16 bits per heavy atom. The van der Waals surface area contributed by atoms with Crippen LogP contribution < -0.4 is 10.2 Å². The van der Waals surface area contributed by atoms with Crippen molar-refractivity contribution in [2.24, 2.45) is 0 Å². The molecule has 0 radical (unpaired) electrons. The average Bonchev–Trinajstić information content (AvgIpc) is 3.04. The maximum atomic E-state index is 13.5. The molecule has 1 aliphatic heterocycles. The number of rotatable bonds is 7. The molecule has 0 unspecified atom stereocenters. The van der Waals surface area contributed by atoms with E-state index in [1.165, 1.54) is 0 Å². The minimum atomic E-state index is -0.545. The smallest absolute Gasteiger partial charge is 0.290 e. The monoisotopic (exact) mass is 485 g/mol. The van der Waals surface area contributed by atoms with E-state index in [1.807, 2.05) is 38.1 Å². The molecule has 0 saturated heterocycles. The van der Waals surface area contributed by atoms with Crippen LogP contribution in [-0.2, 0) is 4.74 Å². The molecular weight excluding hydrogens is 462 g/mol. The third kappa shape index (κ3) is 4.12. The van der Waals surface area contributed by atoms with Crippen molar-refractivity contribution in [2.75, 3.05) is 20.3 Å².